The summed E-state index contributed by atoms with van der Waals surface area (Å²) in [6.45, 7) is 2.07. The summed E-state index contributed by atoms with van der Waals surface area (Å²) in [6, 6.07) is 0. The third-order valence-electron chi connectivity index (χ3n) is 4.73. The summed E-state index contributed by atoms with van der Waals surface area (Å²) in [6.07, 6.45) is 3.23. The van der Waals surface area contributed by atoms with E-state index in [9.17, 15) is 0 Å². The molecule has 5 rings (SSSR count). The summed E-state index contributed by atoms with van der Waals surface area (Å²) in [5.41, 5.74) is 0. The SMILES string of the molecule is C[C@H]1O[C@H]1C1O[C@@H]2[C@@H]3C[C@H]([C@H]4O[C@H]34)[C@@H]2O1. The Kier molecular flexibility index (Phi) is 1.20. The number of fused-ring (bicyclic) bond motifs is 8. The lowest BCUT2D eigenvalue weighted by Crippen LogP contribution is -2.33. The molecule has 0 aromatic carbocycles. The fourth-order valence-electron chi connectivity index (χ4n) is 3.88. The van der Waals surface area contributed by atoms with Crippen LogP contribution in [0.25, 0.3) is 0 Å². The molecule has 82 valence electrons. The van der Waals surface area contributed by atoms with Gasteiger partial charge in [-0.3, -0.25) is 0 Å². The van der Waals surface area contributed by atoms with Gasteiger partial charge in [0, 0.05) is 11.8 Å². The van der Waals surface area contributed by atoms with E-state index in [2.05, 4.69) is 6.92 Å². The van der Waals surface area contributed by atoms with Crippen molar-refractivity contribution in [2.45, 2.75) is 56.3 Å². The first-order valence-electron chi connectivity index (χ1n) is 5.95. The summed E-state index contributed by atoms with van der Waals surface area (Å²) in [5.74, 6) is 1.20. The number of hydrogen-bond donors (Lipinski definition) is 0. The van der Waals surface area contributed by atoms with Gasteiger partial charge in [0.25, 0.3) is 0 Å². The molecule has 1 unspecified atom stereocenters. The Bertz CT molecular complexity index is 311. The van der Waals surface area contributed by atoms with Gasteiger partial charge in [-0.25, -0.2) is 0 Å². The summed E-state index contributed by atoms with van der Waals surface area (Å²) < 4.78 is 23.0. The third-order valence-corrected chi connectivity index (χ3v) is 4.73. The highest BCUT2D eigenvalue weighted by atomic mass is 16.8. The van der Waals surface area contributed by atoms with Gasteiger partial charge >= 0.3 is 0 Å². The molecule has 3 heterocycles. The molecule has 9 atom stereocenters. The number of rotatable bonds is 1. The van der Waals surface area contributed by atoms with E-state index >= 15 is 0 Å². The Morgan fingerprint density at radius 3 is 1.80 bits per heavy atom. The summed E-state index contributed by atoms with van der Waals surface area (Å²) >= 11 is 0. The van der Waals surface area contributed by atoms with Gasteiger partial charge in [0.1, 0.15) is 6.10 Å². The molecule has 0 aromatic heterocycles. The minimum absolute atomic E-state index is 0.0993. The van der Waals surface area contributed by atoms with Crippen LogP contribution in [0.15, 0.2) is 0 Å². The van der Waals surface area contributed by atoms with Crippen molar-refractivity contribution in [3.63, 3.8) is 0 Å². The molecule has 2 saturated carbocycles. The van der Waals surface area contributed by atoms with E-state index in [4.69, 9.17) is 18.9 Å². The van der Waals surface area contributed by atoms with Crippen LogP contribution < -0.4 is 0 Å². The molecule has 0 amide bonds. The van der Waals surface area contributed by atoms with Gasteiger partial charge in [-0.15, -0.1) is 0 Å². The molecule has 0 radical (unpaired) electrons. The van der Waals surface area contributed by atoms with Gasteiger partial charge in [0.2, 0.25) is 0 Å². The zero-order chi connectivity index (χ0) is 9.73. The van der Waals surface area contributed by atoms with E-state index in [0.29, 0.717) is 42.4 Å². The first-order chi connectivity index (χ1) is 7.33. The second-order valence-electron chi connectivity index (χ2n) is 5.50. The minimum Gasteiger partial charge on any atom is -0.369 e. The van der Waals surface area contributed by atoms with Crippen molar-refractivity contribution in [2.75, 3.05) is 0 Å². The van der Waals surface area contributed by atoms with Gasteiger partial charge in [-0.2, -0.15) is 0 Å². The zero-order valence-corrected chi connectivity index (χ0v) is 8.54. The topological polar surface area (TPSA) is 43.5 Å². The van der Waals surface area contributed by atoms with Crippen molar-refractivity contribution in [3.8, 4) is 0 Å². The number of hydrogen-bond acceptors (Lipinski definition) is 4. The average molecular weight is 210 g/mol. The van der Waals surface area contributed by atoms with Crippen molar-refractivity contribution >= 4 is 0 Å². The normalized spacial score (nSPS) is 69.4. The lowest BCUT2D eigenvalue weighted by atomic mass is 9.95. The Hall–Kier alpha value is -0.160. The summed E-state index contributed by atoms with van der Waals surface area (Å²) in [7, 11) is 0. The minimum atomic E-state index is -0.0993. The van der Waals surface area contributed by atoms with Crippen molar-refractivity contribution < 1.29 is 18.9 Å². The van der Waals surface area contributed by atoms with Gasteiger partial charge < -0.3 is 18.9 Å². The van der Waals surface area contributed by atoms with E-state index in [-0.39, 0.29) is 12.4 Å². The zero-order valence-electron chi connectivity index (χ0n) is 8.54. The van der Waals surface area contributed by atoms with Crippen LogP contribution >= 0.6 is 0 Å². The monoisotopic (exact) mass is 210 g/mol. The maximum absolute atomic E-state index is 5.98. The molecule has 3 aliphatic heterocycles. The average Bonchev–Trinajstić information content (AvgIpc) is 3.03. The predicted molar refractivity (Wildman–Crippen MR) is 48.1 cm³/mol. The Labute approximate surface area is 87.8 Å². The van der Waals surface area contributed by atoms with Crippen LogP contribution in [0.2, 0.25) is 0 Å². The standard InChI is InChI=1S/C11H14O4/c1-3-6(12-3)11-14-9-4-2-5(10(9)15-11)8-7(4)13-8/h3-11H,2H2,1H3/t3-,4-,5-,6-,7-,8-,9-,10+,11?/m1/s1. The van der Waals surface area contributed by atoms with E-state index in [1.54, 1.807) is 0 Å². The Morgan fingerprint density at radius 2 is 1.27 bits per heavy atom. The largest absolute Gasteiger partial charge is 0.369 e. The maximum Gasteiger partial charge on any atom is 0.187 e. The molecule has 4 nitrogen and oxygen atoms in total. The molecule has 5 fully saturated rings. The molecule has 2 aliphatic carbocycles. The molecule has 2 bridgehead atoms. The van der Waals surface area contributed by atoms with Gasteiger partial charge in [0.15, 0.2) is 6.29 Å². The Balaban J connectivity index is 1.41. The van der Waals surface area contributed by atoms with Crippen LogP contribution in [0, 0.1) is 11.8 Å². The van der Waals surface area contributed by atoms with Crippen LogP contribution in [0.3, 0.4) is 0 Å². The third kappa shape index (κ3) is 0.848. The molecule has 4 heteroatoms. The fourth-order valence-corrected chi connectivity index (χ4v) is 3.88. The molecule has 0 spiro atoms. The van der Waals surface area contributed by atoms with Crippen molar-refractivity contribution in [1.29, 1.82) is 0 Å². The van der Waals surface area contributed by atoms with Gasteiger partial charge in [0.05, 0.1) is 30.5 Å². The van der Waals surface area contributed by atoms with Crippen LogP contribution in [0.4, 0.5) is 0 Å². The van der Waals surface area contributed by atoms with Crippen LogP contribution in [0.5, 0.6) is 0 Å². The van der Waals surface area contributed by atoms with Crippen molar-refractivity contribution in [2.24, 2.45) is 11.8 Å². The Morgan fingerprint density at radius 1 is 0.733 bits per heavy atom. The molecule has 0 N–H and O–H groups in total. The van der Waals surface area contributed by atoms with Gasteiger partial charge in [-0.05, 0) is 13.3 Å². The smallest absolute Gasteiger partial charge is 0.187 e. The summed E-state index contributed by atoms with van der Waals surface area (Å²) in [5, 5.41) is 0. The molecule has 15 heavy (non-hydrogen) atoms. The molecule has 3 saturated heterocycles. The van der Waals surface area contributed by atoms with E-state index in [0.717, 1.165) is 0 Å². The molecule has 0 aromatic rings. The summed E-state index contributed by atoms with van der Waals surface area (Å²) in [4.78, 5) is 0. The number of ether oxygens (including phenoxy) is 4. The fraction of sp³-hybridized carbons (Fsp3) is 1.00. The quantitative estimate of drug-likeness (QED) is 0.584. The van der Waals surface area contributed by atoms with Crippen molar-refractivity contribution in [3.05, 3.63) is 0 Å². The predicted octanol–water partition coefficient (Wildman–Crippen LogP) is 0.301. The molecule has 5 aliphatic rings. The first-order valence-corrected chi connectivity index (χ1v) is 5.95. The second kappa shape index (κ2) is 2.25. The molecular weight excluding hydrogens is 196 g/mol. The van der Waals surface area contributed by atoms with E-state index < -0.39 is 0 Å². The highest BCUT2D eigenvalue weighted by molar-refractivity contribution is 5.17. The lowest BCUT2D eigenvalue weighted by molar-refractivity contribution is -0.100. The van der Waals surface area contributed by atoms with Crippen molar-refractivity contribution in [1.82, 2.24) is 0 Å². The maximum atomic E-state index is 5.98. The van der Waals surface area contributed by atoms with Gasteiger partial charge in [-0.1, -0.05) is 0 Å². The van der Waals surface area contributed by atoms with E-state index in [1.165, 1.54) is 6.42 Å². The lowest BCUT2D eigenvalue weighted by Gasteiger charge is -2.17. The van der Waals surface area contributed by atoms with Crippen LogP contribution in [-0.2, 0) is 18.9 Å². The van der Waals surface area contributed by atoms with Crippen LogP contribution in [-0.4, -0.2) is 42.9 Å². The van der Waals surface area contributed by atoms with E-state index in [1.807, 2.05) is 0 Å². The second-order valence-corrected chi connectivity index (χ2v) is 5.50. The highest BCUT2D eigenvalue weighted by Gasteiger charge is 2.71. The number of epoxide rings is 2. The molecular formula is C11H14O4. The van der Waals surface area contributed by atoms with Crippen LogP contribution in [0.1, 0.15) is 13.3 Å². The highest BCUT2D eigenvalue weighted by Crippen LogP contribution is 2.60. The first kappa shape index (κ1) is 8.01.